The number of nitrogens with one attached hydrogen (secondary N) is 1. The molecule has 5 aromatic rings. The van der Waals surface area contributed by atoms with Crippen LogP contribution in [0.25, 0.3) is 22.5 Å². The maximum Gasteiger partial charge on any atom is 0.339 e. The second-order valence-electron chi connectivity index (χ2n) is 10.6. The number of amides is 1. The molecular weight excluding hydrogens is 562 g/mol. The average Bonchev–Trinajstić information content (AvgIpc) is 3.66. The number of hydrogen-bond acceptors (Lipinski definition) is 8. The molecule has 1 saturated heterocycles. The summed E-state index contributed by atoms with van der Waals surface area (Å²) in [6, 6.07) is 23.1. The topological polar surface area (TPSA) is 149 Å². The predicted molar refractivity (Wildman–Crippen MR) is 167 cm³/mol. The SMILES string of the molecule is C[N@@+]([O-])(C/C=C/C(=O)Nc1cccc(-n2c(=O)n(-c3ccc(Oc4ccccc4)cc3)c3c(N)ncnc32)c1)C1CCOC1. The van der Waals surface area contributed by atoms with Gasteiger partial charge in [-0.25, -0.2) is 19.3 Å². The third-order valence-electron chi connectivity index (χ3n) is 7.51. The second kappa shape index (κ2) is 12.1. The molecule has 12 heteroatoms. The van der Waals surface area contributed by atoms with Crippen molar-refractivity contribution >= 4 is 28.6 Å². The molecule has 2 atom stereocenters. The molecule has 1 unspecified atom stereocenters. The number of likely N-dealkylation sites (N-methyl/N-ethyl adjacent to an activating group) is 1. The van der Waals surface area contributed by atoms with Gasteiger partial charge in [-0.15, -0.1) is 0 Å². The van der Waals surface area contributed by atoms with Gasteiger partial charge in [0.05, 0.1) is 38.2 Å². The van der Waals surface area contributed by atoms with Crippen LogP contribution in [0.5, 0.6) is 11.5 Å². The third kappa shape index (κ3) is 5.95. The van der Waals surface area contributed by atoms with E-state index in [1.165, 1.54) is 21.5 Å². The Morgan fingerprint density at radius 3 is 2.59 bits per heavy atom. The van der Waals surface area contributed by atoms with Crippen LogP contribution in [0.3, 0.4) is 0 Å². The van der Waals surface area contributed by atoms with Crippen molar-refractivity contribution in [2.45, 2.75) is 12.5 Å². The van der Waals surface area contributed by atoms with E-state index >= 15 is 0 Å². The van der Waals surface area contributed by atoms with Crippen molar-refractivity contribution in [3.63, 3.8) is 0 Å². The Hall–Kier alpha value is -5.30. The van der Waals surface area contributed by atoms with E-state index in [1.807, 2.05) is 30.3 Å². The van der Waals surface area contributed by atoms with Gasteiger partial charge < -0.3 is 30.4 Å². The van der Waals surface area contributed by atoms with E-state index in [9.17, 15) is 14.8 Å². The number of hydrogen-bond donors (Lipinski definition) is 2. The first-order valence-electron chi connectivity index (χ1n) is 14.1. The lowest BCUT2D eigenvalue weighted by Crippen LogP contribution is -2.47. The van der Waals surface area contributed by atoms with Crippen LogP contribution < -0.4 is 21.5 Å². The molecule has 1 aliphatic heterocycles. The van der Waals surface area contributed by atoms with Crippen molar-refractivity contribution in [3.05, 3.63) is 113 Å². The van der Waals surface area contributed by atoms with E-state index in [4.69, 9.17) is 15.2 Å². The molecule has 2 aromatic heterocycles. The molecule has 0 bridgehead atoms. The summed E-state index contributed by atoms with van der Waals surface area (Å²) in [7, 11) is 1.59. The largest absolute Gasteiger partial charge is 0.632 e. The van der Waals surface area contributed by atoms with Gasteiger partial charge in [0, 0.05) is 18.2 Å². The monoisotopic (exact) mass is 593 g/mol. The number of quaternary nitrogens is 1. The average molecular weight is 594 g/mol. The number of anilines is 2. The minimum atomic E-state index is -0.500. The molecule has 44 heavy (non-hydrogen) atoms. The number of imidazole rings is 1. The van der Waals surface area contributed by atoms with E-state index in [-0.39, 0.29) is 18.4 Å². The van der Waals surface area contributed by atoms with Crippen LogP contribution in [-0.4, -0.2) is 62.5 Å². The Balaban J connectivity index is 1.26. The summed E-state index contributed by atoms with van der Waals surface area (Å²) in [4.78, 5) is 35.1. The molecule has 1 fully saturated rings. The molecule has 0 saturated carbocycles. The number of carbonyl (C=O) groups is 1. The standard InChI is InChI=1S/C32H31N7O5/c1-39(42,25-16-18-43-20-25)17-6-11-28(40)36-22-7-5-8-24(19-22)38-31-29(30(33)34-21-35-31)37(32(38)41)23-12-14-27(15-13-23)44-26-9-3-2-4-10-26/h2-15,19,21,25H,16-18,20H2,1H3,(H,36,40)(H2,33,34,35)/b11-6+/t25?,39-/m1/s1. The highest BCUT2D eigenvalue weighted by molar-refractivity contribution is 5.99. The molecule has 224 valence electrons. The zero-order valence-electron chi connectivity index (χ0n) is 24.0. The van der Waals surface area contributed by atoms with Crippen LogP contribution in [0.4, 0.5) is 11.5 Å². The first kappa shape index (κ1) is 28.8. The lowest BCUT2D eigenvalue weighted by atomic mass is 10.2. The quantitative estimate of drug-likeness (QED) is 0.147. The number of nitrogen functional groups attached to an aromatic ring is 1. The van der Waals surface area contributed by atoms with Crippen molar-refractivity contribution < 1.29 is 18.9 Å². The Kier molecular flexibility index (Phi) is 7.94. The summed E-state index contributed by atoms with van der Waals surface area (Å²) in [5, 5.41) is 15.6. The molecule has 0 radical (unpaired) electrons. The van der Waals surface area contributed by atoms with Crippen LogP contribution in [0.15, 0.2) is 102 Å². The van der Waals surface area contributed by atoms with Crippen LogP contribution in [0.2, 0.25) is 0 Å². The first-order valence-corrected chi connectivity index (χ1v) is 14.1. The van der Waals surface area contributed by atoms with E-state index in [0.29, 0.717) is 59.4 Å². The summed E-state index contributed by atoms with van der Waals surface area (Å²) in [5.74, 6) is 1.03. The van der Waals surface area contributed by atoms with Gasteiger partial charge in [0.25, 0.3) is 0 Å². The van der Waals surface area contributed by atoms with Crippen molar-refractivity contribution in [3.8, 4) is 22.9 Å². The van der Waals surface area contributed by atoms with Gasteiger partial charge in [-0.1, -0.05) is 24.3 Å². The lowest BCUT2D eigenvalue weighted by molar-refractivity contribution is -0.879. The molecule has 3 heterocycles. The Morgan fingerprint density at radius 1 is 1.07 bits per heavy atom. The maximum atomic E-state index is 13.9. The number of hydroxylamine groups is 3. The summed E-state index contributed by atoms with van der Waals surface area (Å²) in [6.45, 7) is 1.15. The maximum absolute atomic E-state index is 13.9. The fraction of sp³-hybridized carbons (Fsp3) is 0.188. The first-order chi connectivity index (χ1) is 21.3. The van der Waals surface area contributed by atoms with Crippen molar-refractivity contribution in [2.24, 2.45) is 0 Å². The van der Waals surface area contributed by atoms with Crippen molar-refractivity contribution in [1.29, 1.82) is 0 Å². The number of nitrogens with zero attached hydrogens (tertiary/aromatic N) is 5. The Morgan fingerprint density at radius 2 is 1.84 bits per heavy atom. The molecule has 0 aliphatic carbocycles. The molecule has 6 rings (SSSR count). The summed E-state index contributed by atoms with van der Waals surface area (Å²) in [5.41, 5.74) is 7.95. The minimum Gasteiger partial charge on any atom is -0.632 e. The third-order valence-corrected chi connectivity index (χ3v) is 7.51. The highest BCUT2D eigenvalue weighted by Crippen LogP contribution is 2.27. The fourth-order valence-electron chi connectivity index (χ4n) is 5.18. The van der Waals surface area contributed by atoms with Crippen LogP contribution in [-0.2, 0) is 9.53 Å². The summed E-state index contributed by atoms with van der Waals surface area (Å²) >= 11 is 0. The number of benzene rings is 3. The van der Waals surface area contributed by atoms with Gasteiger partial charge in [0.15, 0.2) is 11.5 Å². The Labute approximate surface area is 252 Å². The zero-order valence-corrected chi connectivity index (χ0v) is 24.0. The number of rotatable bonds is 9. The van der Waals surface area contributed by atoms with Gasteiger partial charge in [0.1, 0.15) is 29.4 Å². The van der Waals surface area contributed by atoms with Crippen molar-refractivity contribution in [2.75, 3.05) is 37.9 Å². The van der Waals surface area contributed by atoms with E-state index in [2.05, 4.69) is 15.3 Å². The molecule has 3 N–H and O–H groups in total. The zero-order chi connectivity index (χ0) is 30.7. The summed E-state index contributed by atoms with van der Waals surface area (Å²) < 4.78 is 13.6. The van der Waals surface area contributed by atoms with Crippen LogP contribution in [0.1, 0.15) is 6.42 Å². The fourth-order valence-corrected chi connectivity index (χ4v) is 5.18. The Bertz CT molecular complexity index is 1880. The number of para-hydroxylation sites is 1. The predicted octanol–water partition coefficient (Wildman–Crippen LogP) is 4.17. The molecule has 1 aliphatic rings. The number of fused-ring (bicyclic) bond motifs is 1. The van der Waals surface area contributed by atoms with Gasteiger partial charge >= 0.3 is 5.69 Å². The van der Waals surface area contributed by atoms with E-state index in [1.54, 1.807) is 61.7 Å². The second-order valence-corrected chi connectivity index (χ2v) is 10.6. The molecule has 3 aromatic carbocycles. The van der Waals surface area contributed by atoms with Crippen molar-refractivity contribution in [1.82, 2.24) is 19.1 Å². The highest BCUT2D eigenvalue weighted by Gasteiger charge is 2.28. The highest BCUT2D eigenvalue weighted by atomic mass is 16.6. The van der Waals surface area contributed by atoms with E-state index < -0.39 is 16.2 Å². The van der Waals surface area contributed by atoms with Gasteiger partial charge in [-0.2, -0.15) is 0 Å². The minimum absolute atomic E-state index is 0.137. The van der Waals surface area contributed by atoms with Crippen LogP contribution >= 0.6 is 0 Å². The van der Waals surface area contributed by atoms with Crippen LogP contribution in [0, 0.1) is 5.21 Å². The molecular formula is C32H31N7O5. The number of ether oxygens (including phenoxy) is 2. The summed E-state index contributed by atoms with van der Waals surface area (Å²) in [6.07, 6.45) is 4.91. The van der Waals surface area contributed by atoms with E-state index in [0.717, 1.165) is 0 Å². The number of aromatic nitrogens is 4. The molecule has 0 spiro atoms. The lowest BCUT2D eigenvalue weighted by Gasteiger charge is -2.42. The molecule has 12 nitrogen and oxygen atoms in total. The number of nitrogens with two attached hydrogens (primary N) is 1. The molecule has 1 amide bonds. The van der Waals surface area contributed by atoms with Gasteiger partial charge in [-0.05, 0) is 60.7 Å². The van der Waals surface area contributed by atoms with Gasteiger partial charge in [0.2, 0.25) is 5.91 Å². The number of carbonyl (C=O) groups excluding carboxylic acids is 1. The normalized spacial score (nSPS) is 16.3. The smallest absolute Gasteiger partial charge is 0.339 e. The van der Waals surface area contributed by atoms with Gasteiger partial charge in [-0.3, -0.25) is 9.36 Å².